The van der Waals surface area contributed by atoms with Gasteiger partial charge < -0.3 is 14.6 Å². The number of nitrogens with one attached hydrogen (secondary N) is 1. The van der Waals surface area contributed by atoms with Crippen LogP contribution in [0.15, 0.2) is 34.9 Å². The molecule has 7 nitrogen and oxygen atoms in total. The number of anilines is 1. The second kappa shape index (κ2) is 6.19. The van der Waals surface area contributed by atoms with E-state index in [1.165, 1.54) is 12.1 Å². The van der Waals surface area contributed by atoms with Crippen molar-refractivity contribution in [2.24, 2.45) is 0 Å². The summed E-state index contributed by atoms with van der Waals surface area (Å²) < 4.78 is 20.9. The predicted molar refractivity (Wildman–Crippen MR) is 90.1 cm³/mol. The number of halogens is 1. The molecule has 1 unspecified atom stereocenters. The van der Waals surface area contributed by atoms with Crippen molar-refractivity contribution in [3.63, 3.8) is 0 Å². The molecule has 1 aliphatic heterocycles. The number of amides is 1. The molecule has 1 amide bonds. The highest BCUT2D eigenvalue weighted by molar-refractivity contribution is 5.91. The molecule has 0 saturated carbocycles. The maximum absolute atomic E-state index is 13.3. The quantitative estimate of drug-likeness (QED) is 0.790. The van der Waals surface area contributed by atoms with Gasteiger partial charge in [-0.2, -0.15) is 10.1 Å². The fraction of sp³-hybridized carbons (Fsp3) is 0.353. The second-order valence-electron chi connectivity index (χ2n) is 6.11. The van der Waals surface area contributed by atoms with Crippen LogP contribution in [0.1, 0.15) is 29.4 Å². The number of aromatic nitrogens is 3. The van der Waals surface area contributed by atoms with Gasteiger partial charge in [-0.3, -0.25) is 9.48 Å². The minimum absolute atomic E-state index is 0.124. The number of hydrogen-bond acceptors (Lipinski definition) is 5. The molecule has 1 atom stereocenters. The highest BCUT2D eigenvalue weighted by Gasteiger charge is 2.25. The summed E-state index contributed by atoms with van der Waals surface area (Å²) in [5, 5.41) is 6.94. The number of oxazole rings is 1. The number of fused-ring (bicyclic) bond motifs is 1. The van der Waals surface area contributed by atoms with Crippen LogP contribution in [-0.2, 0) is 0 Å². The van der Waals surface area contributed by atoms with Crippen molar-refractivity contribution < 1.29 is 13.6 Å². The fourth-order valence-electron chi connectivity index (χ4n) is 3.16. The summed E-state index contributed by atoms with van der Waals surface area (Å²) >= 11 is 0. The summed E-state index contributed by atoms with van der Waals surface area (Å²) in [4.78, 5) is 18.1. The molecule has 1 N–H and O–H groups in total. The number of nitrogens with zero attached hydrogens (tertiary/aromatic N) is 4. The van der Waals surface area contributed by atoms with Crippen molar-refractivity contribution >= 4 is 23.0 Å². The van der Waals surface area contributed by atoms with Crippen LogP contribution in [0.3, 0.4) is 0 Å². The zero-order valence-electron chi connectivity index (χ0n) is 13.8. The van der Waals surface area contributed by atoms with Crippen molar-refractivity contribution in [1.82, 2.24) is 20.1 Å². The lowest BCUT2D eigenvalue weighted by atomic mass is 10.1. The summed E-state index contributed by atoms with van der Waals surface area (Å²) in [6.07, 6.45) is 3.73. The van der Waals surface area contributed by atoms with Crippen LogP contribution < -0.4 is 10.2 Å². The average molecular weight is 343 g/mol. The summed E-state index contributed by atoms with van der Waals surface area (Å²) in [7, 11) is 1.58. The molecule has 3 aromatic rings. The van der Waals surface area contributed by atoms with Gasteiger partial charge in [0.1, 0.15) is 17.0 Å². The molecule has 0 radical (unpaired) electrons. The van der Waals surface area contributed by atoms with Crippen LogP contribution in [0, 0.1) is 5.82 Å². The van der Waals surface area contributed by atoms with Crippen LogP contribution in [-0.4, -0.2) is 40.8 Å². The number of rotatable bonds is 3. The van der Waals surface area contributed by atoms with E-state index in [9.17, 15) is 9.18 Å². The first-order valence-corrected chi connectivity index (χ1v) is 8.22. The lowest BCUT2D eigenvalue weighted by Gasteiger charge is -2.31. The van der Waals surface area contributed by atoms with Crippen molar-refractivity contribution in [2.75, 3.05) is 25.0 Å². The van der Waals surface area contributed by atoms with Crippen LogP contribution >= 0.6 is 0 Å². The topological polar surface area (TPSA) is 76.2 Å². The van der Waals surface area contributed by atoms with E-state index in [-0.39, 0.29) is 17.8 Å². The van der Waals surface area contributed by atoms with Crippen LogP contribution in [0.25, 0.3) is 11.1 Å². The molecule has 4 rings (SSSR count). The molecule has 0 bridgehead atoms. The first kappa shape index (κ1) is 15.6. The van der Waals surface area contributed by atoms with Crippen LogP contribution in [0.4, 0.5) is 10.4 Å². The van der Waals surface area contributed by atoms with Gasteiger partial charge in [0.05, 0.1) is 6.04 Å². The maximum atomic E-state index is 13.3. The Morgan fingerprint density at radius 2 is 2.28 bits per heavy atom. The van der Waals surface area contributed by atoms with E-state index in [4.69, 9.17) is 4.42 Å². The third kappa shape index (κ3) is 2.95. The molecule has 1 saturated heterocycles. The smallest absolute Gasteiger partial charge is 0.298 e. The van der Waals surface area contributed by atoms with Gasteiger partial charge in [0, 0.05) is 32.4 Å². The van der Waals surface area contributed by atoms with Gasteiger partial charge >= 0.3 is 0 Å². The largest absolute Gasteiger partial charge is 0.423 e. The van der Waals surface area contributed by atoms with Gasteiger partial charge in [-0.05, 0) is 31.0 Å². The maximum Gasteiger partial charge on any atom is 0.298 e. The lowest BCUT2D eigenvalue weighted by molar-refractivity contribution is 0.0957. The highest BCUT2D eigenvalue weighted by Crippen LogP contribution is 2.28. The Bertz CT molecular complexity index is 919. The van der Waals surface area contributed by atoms with Crippen molar-refractivity contribution in [3.8, 4) is 0 Å². The molecule has 3 heterocycles. The third-order valence-electron chi connectivity index (χ3n) is 4.45. The van der Waals surface area contributed by atoms with Gasteiger partial charge in [0.2, 0.25) is 0 Å². The van der Waals surface area contributed by atoms with Gasteiger partial charge in [-0.1, -0.05) is 0 Å². The summed E-state index contributed by atoms with van der Waals surface area (Å²) in [5.41, 5.74) is 1.48. The molecule has 25 heavy (non-hydrogen) atoms. The Morgan fingerprint density at radius 1 is 1.40 bits per heavy atom. The fourth-order valence-corrected chi connectivity index (χ4v) is 3.16. The third-order valence-corrected chi connectivity index (χ3v) is 4.45. The lowest BCUT2D eigenvalue weighted by Crippen LogP contribution is -2.37. The average Bonchev–Trinajstić information content (AvgIpc) is 3.28. The van der Waals surface area contributed by atoms with E-state index in [1.54, 1.807) is 19.2 Å². The molecular weight excluding hydrogens is 325 g/mol. The van der Waals surface area contributed by atoms with Gasteiger partial charge in [-0.25, -0.2) is 4.39 Å². The molecule has 1 fully saturated rings. The van der Waals surface area contributed by atoms with Gasteiger partial charge in [0.25, 0.3) is 11.9 Å². The van der Waals surface area contributed by atoms with Crippen LogP contribution in [0.5, 0.6) is 0 Å². The molecule has 0 aliphatic carbocycles. The first-order valence-electron chi connectivity index (χ1n) is 8.22. The zero-order valence-corrected chi connectivity index (χ0v) is 13.8. The summed E-state index contributed by atoms with van der Waals surface area (Å²) in [6, 6.07) is 6.64. The standard InChI is InChI=1S/C17H18FN5O2/c1-19-16(24)13-6-8-23(21-13)12-3-2-7-22(10-12)17-20-14-9-11(18)4-5-15(14)25-17/h4-6,8-9,12H,2-3,7,10H2,1H3,(H,19,24). The number of carbonyl (C=O) groups excluding carboxylic acids is 1. The predicted octanol–water partition coefficient (Wildman–Crippen LogP) is 2.36. The number of benzene rings is 1. The van der Waals surface area contributed by atoms with E-state index in [2.05, 4.69) is 15.4 Å². The Hall–Kier alpha value is -2.90. The monoisotopic (exact) mass is 343 g/mol. The van der Waals surface area contributed by atoms with Crippen LogP contribution in [0.2, 0.25) is 0 Å². The molecular formula is C17H18FN5O2. The number of piperidine rings is 1. The Labute approximate surface area is 143 Å². The van der Waals surface area contributed by atoms with Gasteiger partial charge in [-0.15, -0.1) is 0 Å². The van der Waals surface area contributed by atoms with Crippen molar-refractivity contribution in [2.45, 2.75) is 18.9 Å². The molecule has 1 aliphatic rings. The Kier molecular flexibility index (Phi) is 3.87. The van der Waals surface area contributed by atoms with E-state index < -0.39 is 0 Å². The number of carbonyl (C=O) groups is 1. The SMILES string of the molecule is CNC(=O)c1ccn(C2CCCN(c3nc4cc(F)ccc4o3)C2)n1. The Balaban J connectivity index is 1.55. The molecule has 8 heteroatoms. The normalized spacial score (nSPS) is 17.8. The molecule has 130 valence electrons. The van der Waals surface area contributed by atoms with Crippen molar-refractivity contribution in [1.29, 1.82) is 0 Å². The molecule has 0 spiro atoms. The van der Waals surface area contributed by atoms with E-state index >= 15 is 0 Å². The minimum Gasteiger partial charge on any atom is -0.423 e. The van der Waals surface area contributed by atoms with E-state index in [0.717, 1.165) is 19.4 Å². The van der Waals surface area contributed by atoms with E-state index in [0.29, 0.717) is 29.4 Å². The van der Waals surface area contributed by atoms with Gasteiger partial charge in [0.15, 0.2) is 5.58 Å². The minimum atomic E-state index is -0.331. The van der Waals surface area contributed by atoms with Crippen molar-refractivity contribution in [3.05, 3.63) is 42.0 Å². The van der Waals surface area contributed by atoms with E-state index in [1.807, 2.05) is 15.8 Å². The second-order valence-corrected chi connectivity index (χ2v) is 6.11. The molecule has 1 aromatic carbocycles. The highest BCUT2D eigenvalue weighted by atomic mass is 19.1. The zero-order chi connectivity index (χ0) is 17.4. The Morgan fingerprint density at radius 3 is 3.12 bits per heavy atom. The molecule has 2 aromatic heterocycles. The number of hydrogen-bond donors (Lipinski definition) is 1. The summed E-state index contributed by atoms with van der Waals surface area (Å²) in [5.74, 6) is -0.533. The first-order chi connectivity index (χ1) is 12.1. The summed E-state index contributed by atoms with van der Waals surface area (Å²) in [6.45, 7) is 1.49.